The second kappa shape index (κ2) is 10.0. The molecule has 2 aliphatic heterocycles. The van der Waals surface area contributed by atoms with E-state index in [1.165, 1.54) is 10.4 Å². The zero-order valence-corrected chi connectivity index (χ0v) is 20.0. The lowest BCUT2D eigenvalue weighted by molar-refractivity contribution is 0.0746. The molecule has 8 nitrogen and oxygen atoms in total. The van der Waals surface area contributed by atoms with Crippen LogP contribution in [-0.2, 0) is 10.0 Å². The Labute approximate surface area is 195 Å². The number of methoxy groups -OCH3 is 1. The third-order valence-electron chi connectivity index (χ3n) is 6.17. The molecule has 0 radical (unpaired) electrons. The van der Waals surface area contributed by atoms with E-state index < -0.39 is 10.0 Å². The molecule has 0 bridgehead atoms. The standard InChI is InChI=1S/C24H31N3O5S/c1-3-32-22-11-10-19(18-23(22)33(29,30)27-12-6-7-13-27)24(28)26-16-14-25(15-17-26)20-8-4-5-9-21(20)31-2/h4-5,8-11,18H,3,6-7,12-17H2,1-2H3. The van der Waals surface area contributed by atoms with Crippen LogP contribution in [0.25, 0.3) is 0 Å². The Morgan fingerprint density at radius 3 is 2.30 bits per heavy atom. The molecule has 0 N–H and O–H groups in total. The van der Waals surface area contributed by atoms with Crippen molar-refractivity contribution < 1.29 is 22.7 Å². The summed E-state index contributed by atoms with van der Waals surface area (Å²) >= 11 is 0. The number of para-hydroxylation sites is 2. The van der Waals surface area contributed by atoms with Gasteiger partial charge in [0.2, 0.25) is 10.0 Å². The molecule has 2 aliphatic rings. The molecule has 2 aromatic rings. The maximum absolute atomic E-state index is 13.3. The van der Waals surface area contributed by atoms with Crippen LogP contribution in [-0.4, -0.2) is 76.5 Å². The number of amides is 1. The van der Waals surface area contributed by atoms with E-state index in [2.05, 4.69) is 4.90 Å². The number of ether oxygens (including phenoxy) is 2. The van der Waals surface area contributed by atoms with Crippen molar-refractivity contribution in [3.63, 3.8) is 0 Å². The molecule has 0 unspecified atom stereocenters. The highest BCUT2D eigenvalue weighted by Gasteiger charge is 2.32. The monoisotopic (exact) mass is 473 g/mol. The van der Waals surface area contributed by atoms with Crippen molar-refractivity contribution in [2.45, 2.75) is 24.7 Å². The summed E-state index contributed by atoms with van der Waals surface area (Å²) in [6.45, 7) is 5.57. The van der Waals surface area contributed by atoms with E-state index in [4.69, 9.17) is 9.47 Å². The summed E-state index contributed by atoms with van der Waals surface area (Å²) < 4.78 is 39.0. The number of benzene rings is 2. The molecule has 0 atom stereocenters. The second-order valence-electron chi connectivity index (χ2n) is 8.16. The lowest BCUT2D eigenvalue weighted by Crippen LogP contribution is -2.48. The first-order valence-corrected chi connectivity index (χ1v) is 12.8. The predicted octanol–water partition coefficient (Wildman–Crippen LogP) is 2.84. The summed E-state index contributed by atoms with van der Waals surface area (Å²) in [4.78, 5) is 17.3. The molecule has 2 saturated heterocycles. The Kier molecular flexibility index (Phi) is 7.09. The quantitative estimate of drug-likeness (QED) is 0.615. The highest BCUT2D eigenvalue weighted by Crippen LogP contribution is 2.31. The Hall–Kier alpha value is -2.78. The zero-order chi connectivity index (χ0) is 23.4. The SMILES string of the molecule is CCOc1ccc(C(=O)N2CCN(c3ccccc3OC)CC2)cc1S(=O)(=O)N1CCCC1. The van der Waals surface area contributed by atoms with Crippen molar-refractivity contribution in [2.75, 3.05) is 57.9 Å². The number of carbonyl (C=O) groups excluding carboxylic acids is 1. The minimum absolute atomic E-state index is 0.0738. The van der Waals surface area contributed by atoms with Gasteiger partial charge in [0.1, 0.15) is 16.4 Å². The first kappa shape index (κ1) is 23.4. The summed E-state index contributed by atoms with van der Waals surface area (Å²) in [7, 11) is -2.06. The van der Waals surface area contributed by atoms with Crippen molar-refractivity contribution in [1.82, 2.24) is 9.21 Å². The second-order valence-corrected chi connectivity index (χ2v) is 10.1. The van der Waals surface area contributed by atoms with Crippen molar-refractivity contribution in [1.29, 1.82) is 0 Å². The van der Waals surface area contributed by atoms with E-state index in [1.54, 1.807) is 24.1 Å². The van der Waals surface area contributed by atoms with E-state index >= 15 is 0 Å². The van der Waals surface area contributed by atoms with Gasteiger partial charge in [-0.05, 0) is 50.1 Å². The minimum Gasteiger partial charge on any atom is -0.495 e. The highest BCUT2D eigenvalue weighted by atomic mass is 32.2. The third kappa shape index (κ3) is 4.79. The van der Waals surface area contributed by atoms with E-state index in [0.29, 0.717) is 57.2 Å². The highest BCUT2D eigenvalue weighted by molar-refractivity contribution is 7.89. The van der Waals surface area contributed by atoms with Gasteiger partial charge >= 0.3 is 0 Å². The van der Waals surface area contributed by atoms with Gasteiger partial charge in [-0.15, -0.1) is 0 Å². The van der Waals surface area contributed by atoms with Crippen LogP contribution in [0.15, 0.2) is 47.4 Å². The lowest BCUT2D eigenvalue weighted by Gasteiger charge is -2.36. The van der Waals surface area contributed by atoms with Gasteiger partial charge in [-0.3, -0.25) is 4.79 Å². The van der Waals surface area contributed by atoms with E-state index in [1.807, 2.05) is 31.2 Å². The third-order valence-corrected chi connectivity index (χ3v) is 8.09. The molecule has 9 heteroatoms. The Balaban J connectivity index is 1.53. The van der Waals surface area contributed by atoms with Crippen LogP contribution in [0.4, 0.5) is 5.69 Å². The van der Waals surface area contributed by atoms with Crippen LogP contribution in [0.5, 0.6) is 11.5 Å². The summed E-state index contributed by atoms with van der Waals surface area (Å²) in [5.41, 5.74) is 1.37. The molecule has 0 spiro atoms. The molecule has 178 valence electrons. The molecule has 2 fully saturated rings. The normalized spacial score (nSPS) is 17.3. The predicted molar refractivity (Wildman–Crippen MR) is 127 cm³/mol. The average molecular weight is 474 g/mol. The zero-order valence-electron chi connectivity index (χ0n) is 19.2. The smallest absolute Gasteiger partial charge is 0.254 e. The van der Waals surface area contributed by atoms with Crippen molar-refractivity contribution >= 4 is 21.6 Å². The molecule has 0 saturated carbocycles. The largest absolute Gasteiger partial charge is 0.495 e. The van der Waals surface area contributed by atoms with E-state index in [0.717, 1.165) is 24.3 Å². The lowest BCUT2D eigenvalue weighted by atomic mass is 10.1. The topological polar surface area (TPSA) is 79.4 Å². The van der Waals surface area contributed by atoms with Crippen LogP contribution < -0.4 is 14.4 Å². The number of hydrogen-bond acceptors (Lipinski definition) is 6. The molecule has 2 aromatic carbocycles. The Morgan fingerprint density at radius 2 is 1.64 bits per heavy atom. The number of rotatable bonds is 7. The number of piperazine rings is 1. The average Bonchev–Trinajstić information content (AvgIpc) is 3.40. The van der Waals surface area contributed by atoms with Crippen molar-refractivity contribution in [3.05, 3.63) is 48.0 Å². The van der Waals surface area contributed by atoms with Crippen molar-refractivity contribution in [3.8, 4) is 11.5 Å². The fourth-order valence-corrected chi connectivity index (χ4v) is 6.08. The number of anilines is 1. The maximum atomic E-state index is 13.3. The molecule has 1 amide bonds. The molecule has 0 aliphatic carbocycles. The van der Waals surface area contributed by atoms with Crippen LogP contribution in [0, 0.1) is 0 Å². The van der Waals surface area contributed by atoms with Crippen LogP contribution >= 0.6 is 0 Å². The van der Waals surface area contributed by atoms with Crippen LogP contribution in [0.3, 0.4) is 0 Å². The summed E-state index contributed by atoms with van der Waals surface area (Å²) in [5.74, 6) is 0.929. The molecular weight excluding hydrogens is 442 g/mol. The van der Waals surface area contributed by atoms with Gasteiger partial charge in [0.05, 0.1) is 19.4 Å². The molecular formula is C24H31N3O5S. The summed E-state index contributed by atoms with van der Waals surface area (Å²) in [5, 5.41) is 0. The minimum atomic E-state index is -3.72. The molecule has 0 aromatic heterocycles. The van der Waals surface area contributed by atoms with Gasteiger partial charge < -0.3 is 19.3 Å². The molecule has 4 rings (SSSR count). The number of hydrogen-bond donors (Lipinski definition) is 0. The fraction of sp³-hybridized carbons (Fsp3) is 0.458. The maximum Gasteiger partial charge on any atom is 0.254 e. The molecule has 2 heterocycles. The van der Waals surface area contributed by atoms with Crippen molar-refractivity contribution in [2.24, 2.45) is 0 Å². The first-order chi connectivity index (χ1) is 16.0. The molecule has 33 heavy (non-hydrogen) atoms. The number of sulfonamides is 1. The number of carbonyl (C=O) groups is 1. The van der Waals surface area contributed by atoms with Gasteiger partial charge in [-0.2, -0.15) is 4.31 Å². The van der Waals surface area contributed by atoms with Crippen LogP contribution in [0.1, 0.15) is 30.1 Å². The van der Waals surface area contributed by atoms with Gasteiger partial charge in [0, 0.05) is 44.8 Å². The van der Waals surface area contributed by atoms with Gasteiger partial charge in [-0.1, -0.05) is 12.1 Å². The Morgan fingerprint density at radius 1 is 0.939 bits per heavy atom. The Bertz CT molecular complexity index is 1090. The summed E-state index contributed by atoms with van der Waals surface area (Å²) in [6.07, 6.45) is 1.69. The van der Waals surface area contributed by atoms with Crippen LogP contribution in [0.2, 0.25) is 0 Å². The van der Waals surface area contributed by atoms with Gasteiger partial charge in [0.15, 0.2) is 0 Å². The number of nitrogens with zero attached hydrogens (tertiary/aromatic N) is 3. The first-order valence-electron chi connectivity index (χ1n) is 11.4. The van der Waals surface area contributed by atoms with E-state index in [-0.39, 0.29) is 10.8 Å². The van der Waals surface area contributed by atoms with Gasteiger partial charge in [0.25, 0.3) is 5.91 Å². The fourth-order valence-electron chi connectivity index (χ4n) is 4.41. The summed E-state index contributed by atoms with van der Waals surface area (Å²) in [6, 6.07) is 12.6. The van der Waals surface area contributed by atoms with E-state index in [9.17, 15) is 13.2 Å². The van der Waals surface area contributed by atoms with Gasteiger partial charge in [-0.25, -0.2) is 8.42 Å².